The summed E-state index contributed by atoms with van der Waals surface area (Å²) in [7, 11) is -3.88. The molecule has 1 aliphatic heterocycles. The van der Waals surface area contributed by atoms with Crippen LogP contribution < -0.4 is 9.62 Å². The summed E-state index contributed by atoms with van der Waals surface area (Å²) in [5.74, 6) is -0.00239. The van der Waals surface area contributed by atoms with Crippen LogP contribution in [0.1, 0.15) is 25.3 Å². The minimum atomic E-state index is -3.88. The first kappa shape index (κ1) is 23.2. The maximum atomic E-state index is 13.3. The molecule has 1 saturated heterocycles. The molecule has 31 heavy (non-hydrogen) atoms. The Morgan fingerprint density at radius 3 is 2.32 bits per heavy atom. The lowest BCUT2D eigenvalue weighted by Gasteiger charge is -2.27. The Bertz CT molecular complexity index is 941. The summed E-state index contributed by atoms with van der Waals surface area (Å²) in [5.41, 5.74) is 1.58. The van der Waals surface area contributed by atoms with Crippen molar-refractivity contribution in [2.24, 2.45) is 0 Å². The van der Waals surface area contributed by atoms with Gasteiger partial charge in [0.05, 0.1) is 23.8 Å². The van der Waals surface area contributed by atoms with Crippen LogP contribution in [0.4, 0.5) is 5.69 Å². The van der Waals surface area contributed by atoms with Gasteiger partial charge in [0.15, 0.2) is 0 Å². The van der Waals surface area contributed by atoms with Gasteiger partial charge < -0.3 is 10.1 Å². The number of anilines is 1. The Morgan fingerprint density at radius 2 is 1.71 bits per heavy atom. The van der Waals surface area contributed by atoms with Crippen LogP contribution in [0.25, 0.3) is 0 Å². The Labute approximate surface area is 185 Å². The number of benzene rings is 2. The van der Waals surface area contributed by atoms with Gasteiger partial charge in [0.25, 0.3) is 10.0 Å². The normalized spacial score (nSPS) is 15.1. The minimum Gasteiger partial charge on any atom is -0.379 e. The lowest BCUT2D eigenvalue weighted by atomic mass is 10.0. The third-order valence-electron chi connectivity index (χ3n) is 5.32. The average Bonchev–Trinajstić information content (AvgIpc) is 2.79. The van der Waals surface area contributed by atoms with Crippen LogP contribution in [0.2, 0.25) is 0 Å². The molecule has 7 nitrogen and oxygen atoms in total. The van der Waals surface area contributed by atoms with E-state index in [-0.39, 0.29) is 17.3 Å². The van der Waals surface area contributed by atoms with E-state index < -0.39 is 10.0 Å². The van der Waals surface area contributed by atoms with Gasteiger partial charge in [0.2, 0.25) is 5.91 Å². The van der Waals surface area contributed by atoms with Crippen molar-refractivity contribution in [1.82, 2.24) is 10.2 Å². The first-order chi connectivity index (χ1) is 14.9. The fourth-order valence-corrected chi connectivity index (χ4v) is 4.87. The van der Waals surface area contributed by atoms with Crippen LogP contribution >= 0.6 is 0 Å². The number of carbonyl (C=O) groups is 1. The van der Waals surface area contributed by atoms with Crippen molar-refractivity contribution in [2.75, 3.05) is 50.2 Å². The predicted octanol–water partition coefficient (Wildman–Crippen LogP) is 2.45. The number of carbonyl (C=O) groups excluding carboxylic acids is 1. The van der Waals surface area contributed by atoms with E-state index in [0.717, 1.165) is 18.7 Å². The molecule has 1 aliphatic rings. The molecular formula is C23H31N3O4S. The molecule has 1 amide bonds. The van der Waals surface area contributed by atoms with Crippen molar-refractivity contribution in [2.45, 2.75) is 24.7 Å². The molecule has 2 aromatic carbocycles. The zero-order chi connectivity index (χ0) is 22.3. The highest BCUT2D eigenvalue weighted by Gasteiger charge is 2.27. The SMILES string of the molecule is CC(C)c1ccc(N(CC(=O)NCCN2CCOCC2)S(=O)(=O)c2ccccc2)cc1. The molecule has 0 spiro atoms. The zero-order valence-corrected chi connectivity index (χ0v) is 19.0. The molecule has 1 heterocycles. The Morgan fingerprint density at radius 1 is 1.06 bits per heavy atom. The number of hydrogen-bond acceptors (Lipinski definition) is 5. The molecule has 0 radical (unpaired) electrons. The van der Waals surface area contributed by atoms with Crippen LogP contribution in [-0.4, -0.2) is 65.2 Å². The van der Waals surface area contributed by atoms with Gasteiger partial charge in [0, 0.05) is 26.2 Å². The van der Waals surface area contributed by atoms with E-state index in [4.69, 9.17) is 4.74 Å². The van der Waals surface area contributed by atoms with Gasteiger partial charge >= 0.3 is 0 Å². The van der Waals surface area contributed by atoms with Crippen molar-refractivity contribution in [3.63, 3.8) is 0 Å². The first-order valence-corrected chi connectivity index (χ1v) is 12.1. The molecule has 3 rings (SSSR count). The molecule has 0 aromatic heterocycles. The van der Waals surface area contributed by atoms with Gasteiger partial charge in [0.1, 0.15) is 6.54 Å². The van der Waals surface area contributed by atoms with Crippen molar-refractivity contribution in [1.29, 1.82) is 0 Å². The fraction of sp³-hybridized carbons (Fsp3) is 0.435. The van der Waals surface area contributed by atoms with Crippen LogP contribution in [0.3, 0.4) is 0 Å². The molecule has 0 bridgehead atoms. The largest absolute Gasteiger partial charge is 0.379 e. The van der Waals surface area contributed by atoms with Crippen molar-refractivity contribution >= 4 is 21.6 Å². The van der Waals surface area contributed by atoms with E-state index in [1.807, 2.05) is 12.1 Å². The summed E-state index contributed by atoms with van der Waals surface area (Å²) < 4.78 is 33.2. The van der Waals surface area contributed by atoms with Gasteiger partial charge in [-0.1, -0.05) is 44.2 Å². The highest BCUT2D eigenvalue weighted by molar-refractivity contribution is 7.92. The lowest BCUT2D eigenvalue weighted by molar-refractivity contribution is -0.119. The molecule has 2 aromatic rings. The van der Waals surface area contributed by atoms with E-state index in [0.29, 0.717) is 37.9 Å². The monoisotopic (exact) mass is 445 g/mol. The number of rotatable bonds is 9. The van der Waals surface area contributed by atoms with Crippen molar-refractivity contribution < 1.29 is 17.9 Å². The maximum absolute atomic E-state index is 13.3. The second kappa shape index (κ2) is 10.7. The number of morpholine rings is 1. The van der Waals surface area contributed by atoms with E-state index >= 15 is 0 Å². The smallest absolute Gasteiger partial charge is 0.264 e. The Hall–Kier alpha value is -2.42. The van der Waals surface area contributed by atoms with Gasteiger partial charge in [-0.05, 0) is 35.7 Å². The van der Waals surface area contributed by atoms with E-state index in [1.54, 1.807) is 42.5 Å². The van der Waals surface area contributed by atoms with Crippen LogP contribution in [0, 0.1) is 0 Å². The molecule has 8 heteroatoms. The molecule has 0 unspecified atom stereocenters. The van der Waals surface area contributed by atoms with E-state index in [2.05, 4.69) is 24.1 Å². The molecular weight excluding hydrogens is 414 g/mol. The number of hydrogen-bond donors (Lipinski definition) is 1. The van der Waals surface area contributed by atoms with Gasteiger partial charge in [-0.25, -0.2) is 8.42 Å². The number of nitrogens with zero attached hydrogens (tertiary/aromatic N) is 2. The highest BCUT2D eigenvalue weighted by Crippen LogP contribution is 2.25. The molecule has 0 saturated carbocycles. The zero-order valence-electron chi connectivity index (χ0n) is 18.2. The summed E-state index contributed by atoms with van der Waals surface area (Å²) in [6, 6.07) is 15.5. The number of nitrogens with one attached hydrogen (secondary N) is 1. The summed E-state index contributed by atoms with van der Waals surface area (Å²) >= 11 is 0. The van der Waals surface area contributed by atoms with Crippen molar-refractivity contribution in [3.05, 3.63) is 60.2 Å². The molecule has 1 N–H and O–H groups in total. The number of sulfonamides is 1. The van der Waals surface area contributed by atoms with Crippen molar-refractivity contribution in [3.8, 4) is 0 Å². The maximum Gasteiger partial charge on any atom is 0.264 e. The van der Waals surface area contributed by atoms with Gasteiger partial charge in [-0.3, -0.25) is 14.0 Å². The topological polar surface area (TPSA) is 79.0 Å². The molecule has 1 fully saturated rings. The van der Waals surface area contributed by atoms with Crippen LogP contribution in [0.5, 0.6) is 0 Å². The standard InChI is InChI=1S/C23H31N3O4S/c1-19(2)20-8-10-21(11-9-20)26(31(28,29)22-6-4-3-5-7-22)18-23(27)24-12-13-25-14-16-30-17-15-25/h3-11,19H,12-18H2,1-2H3,(H,24,27). The van der Waals surface area contributed by atoms with E-state index in [9.17, 15) is 13.2 Å². The number of amides is 1. The second-order valence-electron chi connectivity index (χ2n) is 7.87. The summed E-state index contributed by atoms with van der Waals surface area (Å²) in [4.78, 5) is 15.0. The molecule has 168 valence electrons. The quantitative estimate of drug-likeness (QED) is 0.642. The van der Waals surface area contributed by atoms with Crippen LogP contribution in [-0.2, 0) is 19.6 Å². The predicted molar refractivity (Wildman–Crippen MR) is 122 cm³/mol. The summed E-state index contributed by atoms with van der Waals surface area (Å²) in [5, 5.41) is 2.86. The Balaban J connectivity index is 1.74. The first-order valence-electron chi connectivity index (χ1n) is 10.6. The van der Waals surface area contributed by atoms with Crippen LogP contribution in [0.15, 0.2) is 59.5 Å². The Kier molecular flexibility index (Phi) is 8.06. The lowest BCUT2D eigenvalue weighted by Crippen LogP contribution is -2.44. The fourth-order valence-electron chi connectivity index (χ4n) is 3.42. The summed E-state index contributed by atoms with van der Waals surface area (Å²) in [6.45, 7) is 8.13. The molecule has 0 atom stereocenters. The third kappa shape index (κ3) is 6.29. The van der Waals surface area contributed by atoms with E-state index in [1.165, 1.54) is 4.31 Å². The highest BCUT2D eigenvalue weighted by atomic mass is 32.2. The average molecular weight is 446 g/mol. The van der Waals surface area contributed by atoms with Gasteiger partial charge in [-0.15, -0.1) is 0 Å². The summed E-state index contributed by atoms with van der Waals surface area (Å²) in [6.07, 6.45) is 0. The molecule has 0 aliphatic carbocycles. The van der Waals surface area contributed by atoms with Gasteiger partial charge in [-0.2, -0.15) is 0 Å². The minimum absolute atomic E-state index is 0.157. The third-order valence-corrected chi connectivity index (χ3v) is 7.11. The number of ether oxygens (including phenoxy) is 1. The second-order valence-corrected chi connectivity index (χ2v) is 9.74.